The molecule has 0 bridgehead atoms. The van der Waals surface area contributed by atoms with Crippen LogP contribution in [-0.4, -0.2) is 17.8 Å². The lowest BCUT2D eigenvalue weighted by Gasteiger charge is -2.11. The number of carbonyl (C=O) groups is 1. The van der Waals surface area contributed by atoms with Gasteiger partial charge in [-0.15, -0.1) is 0 Å². The summed E-state index contributed by atoms with van der Waals surface area (Å²) in [6.45, 7) is 1.81. The van der Waals surface area contributed by atoms with Gasteiger partial charge >= 0.3 is 0 Å². The highest BCUT2D eigenvalue weighted by Gasteiger charge is 2.18. The van der Waals surface area contributed by atoms with Crippen molar-refractivity contribution in [1.82, 2.24) is 0 Å². The number of rotatable bonds is 2. The Bertz CT molecular complexity index is 728. The molecule has 0 radical (unpaired) electrons. The summed E-state index contributed by atoms with van der Waals surface area (Å²) in [5.74, 6) is 0.807. The molecule has 2 aromatic rings. The van der Waals surface area contributed by atoms with Crippen molar-refractivity contribution in [2.24, 2.45) is 0 Å². The first-order chi connectivity index (χ1) is 10.1. The number of hydrogen-bond acceptors (Lipinski definition) is 5. The predicted octanol–water partition coefficient (Wildman–Crippen LogP) is 2.26. The van der Waals surface area contributed by atoms with Gasteiger partial charge in [-0.1, -0.05) is 6.07 Å². The fraction of sp³-hybridized carbons (Fsp3) is 0.133. The Morgan fingerprint density at radius 1 is 1.29 bits per heavy atom. The molecule has 1 aliphatic heterocycles. The van der Waals surface area contributed by atoms with Crippen LogP contribution in [-0.2, 0) is 0 Å². The Kier molecular flexibility index (Phi) is 3.06. The van der Waals surface area contributed by atoms with Gasteiger partial charge in [-0.3, -0.25) is 4.79 Å². The molecule has 0 spiro atoms. The summed E-state index contributed by atoms with van der Waals surface area (Å²) in [5.41, 5.74) is 7.60. The van der Waals surface area contributed by atoms with E-state index < -0.39 is 0 Å². The van der Waals surface area contributed by atoms with E-state index in [-0.39, 0.29) is 18.4 Å². The van der Waals surface area contributed by atoms with Gasteiger partial charge in [-0.2, -0.15) is 0 Å². The van der Waals surface area contributed by atoms with Gasteiger partial charge in [0.2, 0.25) is 6.79 Å². The summed E-state index contributed by atoms with van der Waals surface area (Å²) < 4.78 is 10.5. The average Bonchev–Trinajstić information content (AvgIpc) is 2.89. The van der Waals surface area contributed by atoms with Crippen LogP contribution in [0.3, 0.4) is 0 Å². The molecule has 108 valence electrons. The van der Waals surface area contributed by atoms with Gasteiger partial charge in [0.25, 0.3) is 5.91 Å². The molecule has 6 heteroatoms. The molecule has 0 unspecified atom stereocenters. The van der Waals surface area contributed by atoms with Crippen molar-refractivity contribution in [2.75, 3.05) is 17.8 Å². The van der Waals surface area contributed by atoms with Gasteiger partial charge in [0.1, 0.15) is 5.75 Å². The average molecular weight is 286 g/mol. The number of ether oxygens (including phenoxy) is 2. The molecule has 0 aromatic heterocycles. The van der Waals surface area contributed by atoms with Crippen LogP contribution in [0.2, 0.25) is 0 Å². The van der Waals surface area contributed by atoms with E-state index >= 15 is 0 Å². The highest BCUT2D eigenvalue weighted by molar-refractivity contribution is 6.07. The maximum Gasteiger partial charge on any atom is 0.256 e. The monoisotopic (exact) mass is 286 g/mol. The summed E-state index contributed by atoms with van der Waals surface area (Å²) in [5, 5.41) is 12.4. The molecule has 2 aromatic carbocycles. The smallest absolute Gasteiger partial charge is 0.256 e. The van der Waals surface area contributed by atoms with E-state index in [4.69, 9.17) is 15.2 Å². The van der Waals surface area contributed by atoms with Crippen LogP contribution in [0.15, 0.2) is 30.3 Å². The first kappa shape index (κ1) is 13.1. The standard InChI is InChI=1S/C15H14N2O4/c1-8-9(3-2-4-12(8)18)15(19)17-11-6-14-13(5-10(11)16)20-7-21-14/h2-6,18H,7,16H2,1H3,(H,17,19). The number of carbonyl (C=O) groups excluding carboxylic acids is 1. The van der Waals surface area contributed by atoms with Gasteiger partial charge in [0, 0.05) is 23.3 Å². The molecule has 0 fully saturated rings. The SMILES string of the molecule is Cc1c(O)cccc1C(=O)Nc1cc2c(cc1N)OCO2. The van der Waals surface area contributed by atoms with E-state index in [0.717, 1.165) is 0 Å². The van der Waals surface area contributed by atoms with Crippen LogP contribution in [0.1, 0.15) is 15.9 Å². The largest absolute Gasteiger partial charge is 0.508 e. The van der Waals surface area contributed by atoms with Gasteiger partial charge < -0.3 is 25.6 Å². The van der Waals surface area contributed by atoms with Crippen molar-refractivity contribution in [1.29, 1.82) is 0 Å². The van der Waals surface area contributed by atoms with Crippen LogP contribution < -0.4 is 20.5 Å². The topological polar surface area (TPSA) is 93.8 Å². The zero-order valence-electron chi connectivity index (χ0n) is 11.3. The number of aromatic hydroxyl groups is 1. The van der Waals surface area contributed by atoms with Crippen molar-refractivity contribution >= 4 is 17.3 Å². The van der Waals surface area contributed by atoms with Crippen molar-refractivity contribution in [2.45, 2.75) is 6.92 Å². The molecule has 6 nitrogen and oxygen atoms in total. The molecule has 4 N–H and O–H groups in total. The minimum absolute atomic E-state index is 0.0707. The van der Waals surface area contributed by atoms with E-state index in [1.165, 1.54) is 6.07 Å². The molecular formula is C15H14N2O4. The second-order valence-electron chi connectivity index (χ2n) is 4.70. The molecule has 1 heterocycles. The summed E-state index contributed by atoms with van der Waals surface area (Å²) in [7, 11) is 0. The number of nitrogens with one attached hydrogen (secondary N) is 1. The van der Waals surface area contributed by atoms with Crippen molar-refractivity contribution in [3.05, 3.63) is 41.5 Å². The molecule has 0 atom stereocenters. The molecule has 21 heavy (non-hydrogen) atoms. The van der Waals surface area contributed by atoms with E-state index in [9.17, 15) is 9.90 Å². The number of hydrogen-bond donors (Lipinski definition) is 3. The first-order valence-electron chi connectivity index (χ1n) is 6.35. The lowest BCUT2D eigenvalue weighted by Crippen LogP contribution is -2.14. The Morgan fingerprint density at radius 2 is 2.00 bits per heavy atom. The van der Waals surface area contributed by atoms with Crippen LogP contribution >= 0.6 is 0 Å². The van der Waals surface area contributed by atoms with E-state index in [2.05, 4.69) is 5.32 Å². The lowest BCUT2D eigenvalue weighted by atomic mass is 10.1. The van der Waals surface area contributed by atoms with Crippen LogP contribution in [0.4, 0.5) is 11.4 Å². The predicted molar refractivity (Wildman–Crippen MR) is 77.8 cm³/mol. The quantitative estimate of drug-likeness (QED) is 0.736. The number of fused-ring (bicyclic) bond motifs is 1. The third-order valence-corrected chi connectivity index (χ3v) is 3.34. The van der Waals surface area contributed by atoms with Crippen LogP contribution in [0.25, 0.3) is 0 Å². The lowest BCUT2D eigenvalue weighted by molar-refractivity contribution is 0.102. The molecular weight excluding hydrogens is 272 g/mol. The molecule has 3 rings (SSSR count). The maximum absolute atomic E-state index is 12.3. The highest BCUT2D eigenvalue weighted by atomic mass is 16.7. The fourth-order valence-electron chi connectivity index (χ4n) is 2.13. The normalized spacial score (nSPS) is 12.2. The third-order valence-electron chi connectivity index (χ3n) is 3.34. The highest BCUT2D eigenvalue weighted by Crippen LogP contribution is 2.38. The minimum atomic E-state index is -0.353. The third kappa shape index (κ3) is 2.31. The summed E-state index contributed by atoms with van der Waals surface area (Å²) in [6, 6.07) is 8.00. The number of amides is 1. The summed E-state index contributed by atoms with van der Waals surface area (Å²) >= 11 is 0. The number of phenols is 1. The van der Waals surface area contributed by atoms with Crippen molar-refractivity contribution < 1.29 is 19.4 Å². The van der Waals surface area contributed by atoms with E-state index in [0.29, 0.717) is 34.0 Å². The Labute approximate surface area is 121 Å². The summed E-state index contributed by atoms with van der Waals surface area (Å²) in [6.07, 6.45) is 0. The maximum atomic E-state index is 12.3. The fourth-order valence-corrected chi connectivity index (χ4v) is 2.13. The molecule has 0 saturated heterocycles. The van der Waals surface area contributed by atoms with Crippen molar-refractivity contribution in [3.63, 3.8) is 0 Å². The van der Waals surface area contributed by atoms with E-state index in [1.54, 1.807) is 31.2 Å². The second kappa shape index (κ2) is 4.90. The Balaban J connectivity index is 1.90. The first-order valence-corrected chi connectivity index (χ1v) is 6.35. The number of nitrogens with two attached hydrogens (primary N) is 1. The summed E-state index contributed by atoms with van der Waals surface area (Å²) in [4.78, 5) is 12.3. The minimum Gasteiger partial charge on any atom is -0.508 e. The van der Waals surface area contributed by atoms with Crippen LogP contribution in [0.5, 0.6) is 17.2 Å². The number of benzene rings is 2. The Morgan fingerprint density at radius 3 is 2.76 bits per heavy atom. The second-order valence-corrected chi connectivity index (χ2v) is 4.70. The molecule has 1 amide bonds. The zero-order chi connectivity index (χ0) is 15.0. The molecule has 0 aliphatic carbocycles. The van der Waals surface area contributed by atoms with Gasteiger partial charge in [0.05, 0.1) is 11.4 Å². The van der Waals surface area contributed by atoms with Gasteiger partial charge in [-0.05, 0) is 19.1 Å². The number of phenolic OH excluding ortho intramolecular Hbond substituents is 1. The van der Waals surface area contributed by atoms with Gasteiger partial charge in [0.15, 0.2) is 11.5 Å². The number of nitrogen functional groups attached to an aromatic ring is 1. The zero-order valence-corrected chi connectivity index (χ0v) is 11.3. The molecule has 0 saturated carbocycles. The Hall–Kier alpha value is -2.89. The number of anilines is 2. The van der Waals surface area contributed by atoms with Crippen LogP contribution in [0, 0.1) is 6.92 Å². The van der Waals surface area contributed by atoms with Crippen molar-refractivity contribution in [3.8, 4) is 17.2 Å². The molecule has 1 aliphatic rings. The van der Waals surface area contributed by atoms with Gasteiger partial charge in [-0.25, -0.2) is 0 Å². The van der Waals surface area contributed by atoms with E-state index in [1.807, 2.05) is 0 Å².